The number of benzene rings is 1. The summed E-state index contributed by atoms with van der Waals surface area (Å²) < 4.78 is 20.4. The number of carbonyl (C=O) groups excluding carboxylic acids is 1. The summed E-state index contributed by atoms with van der Waals surface area (Å²) in [6, 6.07) is 5.22. The van der Waals surface area contributed by atoms with E-state index in [-0.39, 0.29) is 18.3 Å². The van der Waals surface area contributed by atoms with Crippen molar-refractivity contribution < 1.29 is 14.3 Å². The lowest BCUT2D eigenvalue weighted by Crippen LogP contribution is -2.39. The minimum Gasteiger partial charge on any atom is -0.400 e. The zero-order chi connectivity index (χ0) is 24.9. The van der Waals surface area contributed by atoms with Crippen LogP contribution in [0, 0.1) is 18.2 Å². The minimum atomic E-state index is -0.846. The number of carbonyl (C=O) groups is 1. The van der Waals surface area contributed by atoms with Gasteiger partial charge in [-0.25, -0.2) is 8.70 Å². The summed E-state index contributed by atoms with van der Waals surface area (Å²) in [5, 5.41) is 25.9. The van der Waals surface area contributed by atoms with Gasteiger partial charge in [0.1, 0.15) is 17.6 Å². The number of β-amino-alcohol motifs (C(OH)–C–C–N with tert-alkyl or cyclic N) is 1. The van der Waals surface area contributed by atoms with E-state index in [1.54, 1.807) is 22.9 Å². The molecule has 35 heavy (non-hydrogen) atoms. The van der Waals surface area contributed by atoms with Crippen LogP contribution in [0.15, 0.2) is 40.6 Å². The van der Waals surface area contributed by atoms with Crippen molar-refractivity contribution in [3.05, 3.63) is 58.4 Å². The van der Waals surface area contributed by atoms with Crippen LogP contribution < -0.4 is 11.1 Å². The van der Waals surface area contributed by atoms with Gasteiger partial charge in [0.05, 0.1) is 17.8 Å². The first-order valence-electron chi connectivity index (χ1n) is 11.5. The highest BCUT2D eigenvalue weighted by atomic mass is 32.2. The molecule has 1 saturated carbocycles. The number of fused-ring (bicyclic) bond motifs is 1. The number of hydrogen-bond acceptors (Lipinski definition) is 7. The molecule has 2 aliphatic rings. The maximum Gasteiger partial charge on any atom is 0.268 e. The Hall–Kier alpha value is -3.15. The topological polar surface area (TPSA) is 125 Å². The molecule has 9 nitrogen and oxygen atoms in total. The highest BCUT2D eigenvalue weighted by Gasteiger charge is 2.28. The molecule has 1 fully saturated rings. The largest absolute Gasteiger partial charge is 0.400 e. The normalized spacial score (nSPS) is 18.9. The van der Waals surface area contributed by atoms with Crippen molar-refractivity contribution in [3.8, 4) is 0 Å². The van der Waals surface area contributed by atoms with E-state index in [9.17, 15) is 14.3 Å². The highest BCUT2D eigenvalue weighted by molar-refractivity contribution is 7.97. The second-order valence-corrected chi connectivity index (χ2v) is 10.2. The van der Waals surface area contributed by atoms with Crippen LogP contribution >= 0.6 is 11.9 Å². The molecule has 3 heterocycles. The van der Waals surface area contributed by atoms with Gasteiger partial charge in [0, 0.05) is 65.7 Å². The molecule has 1 amide bonds. The van der Waals surface area contributed by atoms with E-state index in [0.29, 0.717) is 41.7 Å². The number of rotatable bonds is 7. The van der Waals surface area contributed by atoms with Gasteiger partial charge in [0.2, 0.25) is 0 Å². The molecule has 1 unspecified atom stereocenters. The maximum atomic E-state index is 14.8. The van der Waals surface area contributed by atoms with Gasteiger partial charge in [-0.15, -0.1) is 0 Å². The van der Waals surface area contributed by atoms with Crippen molar-refractivity contribution in [3.63, 3.8) is 0 Å². The fraction of sp³-hybridized carbons (Fsp3) is 0.375. The van der Waals surface area contributed by atoms with Crippen LogP contribution in [0.25, 0.3) is 10.9 Å². The molecule has 184 valence electrons. The monoisotopic (exact) mass is 497 g/mol. The van der Waals surface area contributed by atoms with Crippen molar-refractivity contribution >= 4 is 35.0 Å². The first-order chi connectivity index (χ1) is 16.8. The smallest absolute Gasteiger partial charge is 0.268 e. The molecule has 1 aliphatic heterocycles. The van der Waals surface area contributed by atoms with Crippen LogP contribution in [0.2, 0.25) is 0 Å². The summed E-state index contributed by atoms with van der Waals surface area (Å²) in [5.41, 5.74) is 9.30. The molecular formula is C24H28FN7O2S. The maximum absolute atomic E-state index is 14.8. The van der Waals surface area contributed by atoms with Gasteiger partial charge in [0.25, 0.3) is 5.91 Å². The minimum absolute atomic E-state index is 0.0538. The zero-order valence-corrected chi connectivity index (χ0v) is 20.4. The second-order valence-electron chi connectivity index (χ2n) is 9.06. The van der Waals surface area contributed by atoms with Gasteiger partial charge < -0.3 is 26.1 Å². The van der Waals surface area contributed by atoms with E-state index in [4.69, 9.17) is 11.1 Å². The third kappa shape index (κ3) is 4.35. The Morgan fingerprint density at radius 3 is 2.91 bits per heavy atom. The van der Waals surface area contributed by atoms with Gasteiger partial charge in [-0.05, 0) is 49.9 Å². The Morgan fingerprint density at radius 2 is 2.20 bits per heavy atom. The number of aromatic nitrogens is 3. The molecule has 0 radical (unpaired) electrons. The lowest BCUT2D eigenvalue weighted by Gasteiger charge is -2.30. The molecule has 2 aromatic heterocycles. The lowest BCUT2D eigenvalue weighted by atomic mass is 10.1. The first-order valence-corrected chi connectivity index (χ1v) is 12.2. The molecule has 1 atom stereocenters. The zero-order valence-electron chi connectivity index (χ0n) is 19.6. The molecule has 0 bridgehead atoms. The van der Waals surface area contributed by atoms with Crippen LogP contribution in [0.3, 0.4) is 0 Å². The number of nitrogens with two attached hydrogens (primary N) is 1. The van der Waals surface area contributed by atoms with E-state index >= 15 is 0 Å². The van der Waals surface area contributed by atoms with Crippen LogP contribution in [0.4, 0.5) is 4.39 Å². The third-order valence-corrected chi connectivity index (χ3v) is 7.85. The Morgan fingerprint density at radius 1 is 1.43 bits per heavy atom. The fourth-order valence-corrected chi connectivity index (χ4v) is 5.51. The first kappa shape index (κ1) is 23.6. The molecule has 3 aromatic rings. The fourth-order valence-electron chi connectivity index (χ4n) is 4.38. The van der Waals surface area contributed by atoms with Gasteiger partial charge >= 0.3 is 0 Å². The number of aliphatic hydroxyl groups excluding tert-OH is 1. The highest BCUT2D eigenvalue weighted by Crippen LogP contribution is 2.38. The number of aliphatic hydroxyl groups is 1. The van der Waals surface area contributed by atoms with Crippen LogP contribution in [0.5, 0.6) is 0 Å². The molecule has 5 N–H and O–H groups in total. The van der Waals surface area contributed by atoms with E-state index in [0.717, 1.165) is 40.5 Å². The summed E-state index contributed by atoms with van der Waals surface area (Å²) in [6.07, 6.45) is 4.12. The van der Waals surface area contributed by atoms with Crippen molar-refractivity contribution in [2.75, 3.05) is 13.1 Å². The van der Waals surface area contributed by atoms with Gasteiger partial charge in [-0.1, -0.05) is 0 Å². The number of nitrogens with zero attached hydrogens (tertiary/aromatic N) is 4. The number of hydrogen-bond donors (Lipinski definition) is 4. The Labute approximate surface area is 206 Å². The summed E-state index contributed by atoms with van der Waals surface area (Å²) in [5.74, 6) is -0.670. The number of amides is 1. The number of nitrogens with one attached hydrogen (secondary N) is 2. The van der Waals surface area contributed by atoms with Gasteiger partial charge in [-0.3, -0.25) is 9.48 Å². The SMILES string of the molecule is Cc1c(SN2CC(C=N)=C(N)C(O)C2)cc(C(=O)NCc2c(F)ccc3cnn(C4CC4)c23)n1C. The summed E-state index contributed by atoms with van der Waals surface area (Å²) in [4.78, 5) is 14.0. The van der Waals surface area contributed by atoms with Crippen molar-refractivity contribution in [2.24, 2.45) is 12.8 Å². The lowest BCUT2D eigenvalue weighted by molar-refractivity contribution is 0.0942. The van der Waals surface area contributed by atoms with Crippen molar-refractivity contribution in [2.45, 2.75) is 43.4 Å². The predicted octanol–water partition coefficient (Wildman–Crippen LogP) is 2.63. The molecule has 0 saturated heterocycles. The standard InChI is InChI=1S/C24H28FN7O2S/c1-13-21(35-31-11-15(8-26)22(27)20(33)12-31)7-19(30(13)2)24(34)28-10-17-18(25)6-3-14-9-29-32(23(14)17)16-4-5-16/h3,6-9,16,20,26,33H,4-5,10-12,27H2,1-2H3,(H,28,34). The van der Waals surface area contributed by atoms with Gasteiger partial charge in [-0.2, -0.15) is 5.10 Å². The van der Waals surface area contributed by atoms with Crippen molar-refractivity contribution in [1.82, 2.24) is 24.0 Å². The summed E-state index contributed by atoms with van der Waals surface area (Å²) >= 11 is 1.41. The molecule has 1 aliphatic carbocycles. The average molecular weight is 498 g/mol. The van der Waals surface area contributed by atoms with E-state index < -0.39 is 6.10 Å². The quantitative estimate of drug-likeness (QED) is 0.294. The van der Waals surface area contributed by atoms with Crippen LogP contribution in [0.1, 0.15) is 40.6 Å². The molecule has 5 rings (SSSR count). The van der Waals surface area contributed by atoms with Crippen LogP contribution in [-0.2, 0) is 13.6 Å². The van der Waals surface area contributed by atoms with E-state index in [1.807, 2.05) is 23.0 Å². The van der Waals surface area contributed by atoms with E-state index in [2.05, 4.69) is 10.4 Å². The Kier molecular flexibility index (Phi) is 6.16. The molecule has 11 heteroatoms. The molecule has 1 aromatic carbocycles. The number of halogens is 1. The Bertz CT molecular complexity index is 1360. The molecular weight excluding hydrogens is 469 g/mol. The molecule has 0 spiro atoms. The van der Waals surface area contributed by atoms with Crippen molar-refractivity contribution in [1.29, 1.82) is 5.41 Å². The van der Waals surface area contributed by atoms with Gasteiger partial charge in [0.15, 0.2) is 0 Å². The average Bonchev–Trinajstić information content (AvgIpc) is 3.54. The van der Waals surface area contributed by atoms with E-state index in [1.165, 1.54) is 18.0 Å². The predicted molar refractivity (Wildman–Crippen MR) is 133 cm³/mol. The second kappa shape index (κ2) is 9.14. The Balaban J connectivity index is 1.34. The van der Waals surface area contributed by atoms with Crippen LogP contribution in [-0.4, -0.2) is 55.1 Å². The summed E-state index contributed by atoms with van der Waals surface area (Å²) in [7, 11) is 1.81. The summed E-state index contributed by atoms with van der Waals surface area (Å²) in [6.45, 7) is 2.71. The third-order valence-electron chi connectivity index (χ3n) is 6.70.